The van der Waals surface area contributed by atoms with E-state index in [9.17, 15) is 25.5 Å². The highest BCUT2D eigenvalue weighted by molar-refractivity contribution is 7.87. The van der Waals surface area contributed by atoms with Gasteiger partial charge in [-0.05, 0) is 19.4 Å². The number of nitrogens with zero attached hydrogens (tertiary/aromatic N) is 3. The molecule has 0 saturated carbocycles. The maximum Gasteiger partial charge on any atom is 0.433 e. The largest absolute Gasteiger partial charge is 0.433 e. The summed E-state index contributed by atoms with van der Waals surface area (Å²) in [4.78, 5) is 8.46. The Labute approximate surface area is 112 Å². The molecule has 1 fully saturated rings. The van der Waals surface area contributed by atoms with E-state index in [1.54, 1.807) is 0 Å². The molecule has 1 aliphatic rings. The summed E-state index contributed by atoms with van der Waals surface area (Å²) in [5.41, 5.74) is -1.000. The molecule has 0 spiro atoms. The summed E-state index contributed by atoms with van der Waals surface area (Å²) in [5.74, 6) is -0.233. The van der Waals surface area contributed by atoms with Gasteiger partial charge in [0.25, 0.3) is 0 Å². The average Bonchev–Trinajstić information content (AvgIpc) is 2.75. The molecule has 112 valence electrons. The lowest BCUT2D eigenvalue weighted by Gasteiger charge is -2.17. The van der Waals surface area contributed by atoms with Gasteiger partial charge in [-0.1, -0.05) is 0 Å². The highest BCUT2D eigenvalue weighted by atomic mass is 32.3. The van der Waals surface area contributed by atoms with Gasteiger partial charge in [-0.3, -0.25) is 0 Å². The molecule has 0 radical (unpaired) electrons. The van der Waals surface area contributed by atoms with Crippen molar-refractivity contribution in [3.63, 3.8) is 0 Å². The van der Waals surface area contributed by atoms with Crippen molar-refractivity contribution in [3.05, 3.63) is 17.5 Å². The number of alkyl halides is 3. The second kappa shape index (κ2) is 4.83. The molecule has 5 nitrogen and oxygen atoms in total. The van der Waals surface area contributed by atoms with E-state index < -0.39 is 27.3 Å². The number of hydrogen-bond donors (Lipinski definition) is 0. The predicted octanol–water partition coefficient (Wildman–Crippen LogP) is 1.68. The third kappa shape index (κ3) is 3.17. The van der Waals surface area contributed by atoms with E-state index in [1.807, 2.05) is 0 Å². The number of aromatic nitrogens is 2. The Morgan fingerprint density at radius 3 is 2.50 bits per heavy atom. The van der Waals surface area contributed by atoms with Gasteiger partial charge in [-0.2, -0.15) is 21.6 Å². The molecule has 10 heteroatoms. The summed E-state index contributed by atoms with van der Waals surface area (Å²) in [6, 6.07) is 0.795. The monoisotopic (exact) mass is 313 g/mol. The van der Waals surface area contributed by atoms with Gasteiger partial charge in [0, 0.05) is 18.8 Å². The first-order valence-electron chi connectivity index (χ1n) is 5.68. The van der Waals surface area contributed by atoms with E-state index in [1.165, 1.54) is 11.8 Å². The van der Waals surface area contributed by atoms with Crippen LogP contribution in [-0.2, 0) is 16.4 Å². The van der Waals surface area contributed by atoms with Crippen molar-refractivity contribution in [1.82, 2.24) is 9.97 Å². The maximum atomic E-state index is 12.9. The molecule has 20 heavy (non-hydrogen) atoms. The summed E-state index contributed by atoms with van der Waals surface area (Å²) in [6.45, 7) is 1.22. The van der Waals surface area contributed by atoms with Crippen LogP contribution in [0.15, 0.2) is 6.07 Å². The van der Waals surface area contributed by atoms with Crippen LogP contribution in [0.4, 0.5) is 23.0 Å². The summed E-state index contributed by atoms with van der Waals surface area (Å²) in [5, 5.41) is -1.25. The number of anilines is 1. The molecule has 1 saturated heterocycles. The van der Waals surface area contributed by atoms with Gasteiger partial charge < -0.3 is 4.90 Å². The Kier molecular flexibility index (Phi) is 3.61. The van der Waals surface area contributed by atoms with Crippen molar-refractivity contribution >= 4 is 16.2 Å². The molecule has 1 unspecified atom stereocenters. The van der Waals surface area contributed by atoms with E-state index >= 15 is 0 Å². The fourth-order valence-electron chi connectivity index (χ4n) is 1.98. The van der Waals surface area contributed by atoms with Gasteiger partial charge in [0.1, 0.15) is 10.9 Å². The zero-order chi connectivity index (χ0) is 15.1. The minimum absolute atomic E-state index is 0.00249. The molecule has 2 rings (SSSR count). The Bertz CT molecular complexity index is 617. The van der Waals surface area contributed by atoms with Gasteiger partial charge in [0.05, 0.1) is 0 Å². The Morgan fingerprint density at radius 1 is 1.35 bits per heavy atom. The summed E-state index contributed by atoms with van der Waals surface area (Å²) >= 11 is 0. The van der Waals surface area contributed by atoms with Gasteiger partial charge in [-0.15, -0.1) is 3.89 Å². The first-order valence-corrected chi connectivity index (χ1v) is 7.13. The zero-order valence-electron chi connectivity index (χ0n) is 10.4. The normalized spacial score (nSPS) is 20.4. The molecule has 1 aromatic rings. The molecule has 0 bridgehead atoms. The minimum Gasteiger partial charge on any atom is -0.339 e. The zero-order valence-corrected chi connectivity index (χ0v) is 11.2. The number of halogens is 4. The van der Waals surface area contributed by atoms with Crippen LogP contribution < -0.4 is 4.90 Å². The molecule has 1 aromatic heterocycles. The quantitative estimate of drug-likeness (QED) is 0.614. The first-order chi connectivity index (χ1) is 9.07. The average molecular weight is 313 g/mol. The third-order valence-corrected chi connectivity index (χ3v) is 4.14. The molecular formula is C10H11F4N3O2S. The molecule has 0 amide bonds. The number of hydrogen-bond acceptors (Lipinski definition) is 5. The van der Waals surface area contributed by atoms with E-state index in [-0.39, 0.29) is 31.2 Å². The van der Waals surface area contributed by atoms with Crippen molar-refractivity contribution in [1.29, 1.82) is 0 Å². The molecule has 0 aromatic carbocycles. The fraction of sp³-hybridized carbons (Fsp3) is 0.600. The first kappa shape index (κ1) is 14.9. The highest BCUT2D eigenvalue weighted by Crippen LogP contribution is 2.30. The van der Waals surface area contributed by atoms with Crippen molar-refractivity contribution in [2.45, 2.75) is 24.8 Å². The van der Waals surface area contributed by atoms with Crippen molar-refractivity contribution in [3.8, 4) is 0 Å². The van der Waals surface area contributed by atoms with Crippen molar-refractivity contribution in [2.75, 3.05) is 18.0 Å². The predicted molar refractivity (Wildman–Crippen MR) is 62.4 cm³/mol. The Morgan fingerprint density at radius 2 is 2.00 bits per heavy atom. The van der Waals surface area contributed by atoms with Crippen LogP contribution in [0, 0.1) is 6.92 Å². The van der Waals surface area contributed by atoms with Crippen LogP contribution in [0.5, 0.6) is 0 Å². The fourth-order valence-corrected chi connectivity index (χ4v) is 2.72. The lowest BCUT2D eigenvalue weighted by atomic mass is 10.3. The van der Waals surface area contributed by atoms with Gasteiger partial charge in [0.2, 0.25) is 5.95 Å². The van der Waals surface area contributed by atoms with Gasteiger partial charge in [-0.25, -0.2) is 9.97 Å². The van der Waals surface area contributed by atoms with E-state index in [0.717, 1.165) is 6.07 Å². The molecule has 1 atom stereocenters. The van der Waals surface area contributed by atoms with Gasteiger partial charge >= 0.3 is 16.4 Å². The summed E-state index contributed by atoms with van der Waals surface area (Å²) in [6.07, 6.45) is -4.62. The van der Waals surface area contributed by atoms with E-state index in [2.05, 4.69) is 9.97 Å². The van der Waals surface area contributed by atoms with Crippen LogP contribution in [0.1, 0.15) is 17.8 Å². The highest BCUT2D eigenvalue weighted by Gasteiger charge is 2.37. The SMILES string of the molecule is Cc1cc(C(F)(F)F)nc(N2CCC(S(=O)(=O)F)C2)n1. The molecule has 2 heterocycles. The summed E-state index contributed by atoms with van der Waals surface area (Å²) < 4.78 is 72.3. The van der Waals surface area contributed by atoms with Crippen LogP contribution in [0.3, 0.4) is 0 Å². The van der Waals surface area contributed by atoms with Crippen LogP contribution >= 0.6 is 0 Å². The van der Waals surface area contributed by atoms with Crippen LogP contribution in [0.25, 0.3) is 0 Å². The molecule has 0 N–H and O–H groups in total. The number of aryl methyl sites for hydroxylation is 1. The van der Waals surface area contributed by atoms with E-state index in [4.69, 9.17) is 0 Å². The second-order valence-corrected chi connectivity index (χ2v) is 6.14. The topological polar surface area (TPSA) is 63.2 Å². The standard InChI is InChI=1S/C10H11F4N3O2S/c1-6-4-8(10(11,12)13)16-9(15-6)17-3-2-7(5-17)20(14,18)19/h4,7H,2-3,5H2,1H3. The van der Waals surface area contributed by atoms with Crippen LogP contribution in [-0.4, -0.2) is 36.7 Å². The molecule has 1 aliphatic heterocycles. The van der Waals surface area contributed by atoms with Crippen molar-refractivity contribution < 1.29 is 25.5 Å². The summed E-state index contributed by atoms with van der Waals surface area (Å²) in [7, 11) is -4.71. The lowest BCUT2D eigenvalue weighted by Crippen LogP contribution is -2.27. The molecule has 0 aliphatic carbocycles. The Balaban J connectivity index is 2.29. The smallest absolute Gasteiger partial charge is 0.339 e. The maximum absolute atomic E-state index is 12.9. The van der Waals surface area contributed by atoms with Crippen molar-refractivity contribution in [2.24, 2.45) is 0 Å². The second-order valence-electron chi connectivity index (χ2n) is 4.52. The third-order valence-electron chi connectivity index (χ3n) is 2.96. The minimum atomic E-state index is -4.71. The number of rotatable bonds is 2. The van der Waals surface area contributed by atoms with Crippen LogP contribution in [0.2, 0.25) is 0 Å². The lowest BCUT2D eigenvalue weighted by molar-refractivity contribution is -0.141. The molecular weight excluding hydrogens is 302 g/mol. The van der Waals surface area contributed by atoms with E-state index in [0.29, 0.717) is 0 Å². The Hall–Kier alpha value is -1.45. The van der Waals surface area contributed by atoms with Gasteiger partial charge in [0.15, 0.2) is 0 Å².